The Morgan fingerprint density at radius 3 is 2.67 bits per heavy atom. The quantitative estimate of drug-likeness (QED) is 0.839. The molecule has 0 aromatic carbocycles. The molecule has 0 saturated carbocycles. The number of pyridine rings is 2. The van der Waals surface area contributed by atoms with Gasteiger partial charge in [0.25, 0.3) is 0 Å². The van der Waals surface area contributed by atoms with Crippen LogP contribution in [-0.2, 0) is 0 Å². The maximum atomic E-state index is 4.33. The molecule has 0 spiro atoms. The van der Waals surface area contributed by atoms with Crippen molar-refractivity contribution in [3.63, 3.8) is 0 Å². The number of aryl methyl sites for hydroxylation is 1. The Bertz CT molecular complexity index is 459. The zero-order chi connectivity index (χ0) is 10.7. The lowest BCUT2D eigenvalue weighted by molar-refractivity contribution is 1.10. The summed E-state index contributed by atoms with van der Waals surface area (Å²) in [7, 11) is 0. The van der Waals surface area contributed by atoms with Crippen molar-refractivity contribution in [2.75, 3.05) is 0 Å². The van der Waals surface area contributed by atoms with E-state index in [2.05, 4.69) is 38.9 Å². The van der Waals surface area contributed by atoms with Gasteiger partial charge in [0.1, 0.15) is 5.03 Å². The molecule has 2 nitrogen and oxygen atoms in total. The fraction of sp³-hybridized carbons (Fsp3) is 0.0909. The summed E-state index contributed by atoms with van der Waals surface area (Å²) in [5.41, 5.74) is 1.20. The second kappa shape index (κ2) is 4.77. The van der Waals surface area contributed by atoms with Gasteiger partial charge in [-0.2, -0.15) is 0 Å². The third kappa shape index (κ3) is 2.79. The van der Waals surface area contributed by atoms with Gasteiger partial charge < -0.3 is 0 Å². The summed E-state index contributed by atoms with van der Waals surface area (Å²) >= 11 is 5.07. The van der Waals surface area contributed by atoms with E-state index in [1.54, 1.807) is 24.2 Å². The SMILES string of the molecule is Cc1cc(Sc2ccncc2)ncc1Br. The van der Waals surface area contributed by atoms with Gasteiger partial charge in [-0.05, 0) is 46.6 Å². The van der Waals surface area contributed by atoms with E-state index < -0.39 is 0 Å². The second-order valence-electron chi connectivity index (χ2n) is 3.06. The Labute approximate surface area is 101 Å². The van der Waals surface area contributed by atoms with Crippen LogP contribution in [0.1, 0.15) is 5.56 Å². The fourth-order valence-corrected chi connectivity index (χ4v) is 2.15. The third-order valence-electron chi connectivity index (χ3n) is 1.89. The van der Waals surface area contributed by atoms with Gasteiger partial charge in [-0.15, -0.1) is 0 Å². The van der Waals surface area contributed by atoms with E-state index in [0.29, 0.717) is 0 Å². The van der Waals surface area contributed by atoms with Crippen molar-refractivity contribution in [2.45, 2.75) is 16.8 Å². The van der Waals surface area contributed by atoms with Gasteiger partial charge in [0, 0.05) is 28.0 Å². The van der Waals surface area contributed by atoms with Crippen molar-refractivity contribution in [3.05, 3.63) is 46.8 Å². The van der Waals surface area contributed by atoms with Crippen LogP contribution in [0.3, 0.4) is 0 Å². The zero-order valence-corrected chi connectivity index (χ0v) is 10.5. The van der Waals surface area contributed by atoms with Crippen LogP contribution in [0.4, 0.5) is 0 Å². The average molecular weight is 281 g/mol. The van der Waals surface area contributed by atoms with E-state index in [1.807, 2.05) is 18.3 Å². The standard InChI is InChI=1S/C11H9BrN2S/c1-8-6-11(14-7-10(8)12)15-9-2-4-13-5-3-9/h2-7H,1H3. The van der Waals surface area contributed by atoms with E-state index in [9.17, 15) is 0 Å². The molecule has 0 fully saturated rings. The van der Waals surface area contributed by atoms with Crippen LogP contribution in [0.2, 0.25) is 0 Å². The molecule has 15 heavy (non-hydrogen) atoms. The first-order chi connectivity index (χ1) is 7.25. The van der Waals surface area contributed by atoms with Crippen molar-refractivity contribution >= 4 is 27.7 Å². The number of hydrogen-bond acceptors (Lipinski definition) is 3. The summed E-state index contributed by atoms with van der Waals surface area (Å²) in [6, 6.07) is 6.02. The lowest BCUT2D eigenvalue weighted by atomic mass is 10.3. The monoisotopic (exact) mass is 280 g/mol. The van der Waals surface area contributed by atoms with E-state index >= 15 is 0 Å². The van der Waals surface area contributed by atoms with Gasteiger partial charge in [0.15, 0.2) is 0 Å². The Morgan fingerprint density at radius 1 is 1.27 bits per heavy atom. The summed E-state index contributed by atoms with van der Waals surface area (Å²) in [6.07, 6.45) is 5.40. The molecule has 4 heteroatoms. The molecule has 0 aliphatic heterocycles. The molecule has 76 valence electrons. The molecule has 2 aromatic heterocycles. The molecule has 2 heterocycles. The normalized spacial score (nSPS) is 10.3. The van der Waals surface area contributed by atoms with Gasteiger partial charge in [0.05, 0.1) is 0 Å². The molecule has 0 unspecified atom stereocenters. The van der Waals surface area contributed by atoms with Crippen LogP contribution in [0.5, 0.6) is 0 Å². The highest BCUT2D eigenvalue weighted by Crippen LogP contribution is 2.27. The molecule has 0 saturated heterocycles. The van der Waals surface area contributed by atoms with Crippen molar-refractivity contribution < 1.29 is 0 Å². The smallest absolute Gasteiger partial charge is 0.101 e. The van der Waals surface area contributed by atoms with Crippen LogP contribution >= 0.6 is 27.7 Å². The zero-order valence-electron chi connectivity index (χ0n) is 8.14. The van der Waals surface area contributed by atoms with Crippen molar-refractivity contribution in [2.24, 2.45) is 0 Å². The first-order valence-corrected chi connectivity index (χ1v) is 6.06. The van der Waals surface area contributed by atoms with Crippen LogP contribution in [0, 0.1) is 6.92 Å². The van der Waals surface area contributed by atoms with E-state index in [0.717, 1.165) is 14.4 Å². The summed E-state index contributed by atoms with van der Waals surface area (Å²) in [5.74, 6) is 0. The van der Waals surface area contributed by atoms with Gasteiger partial charge >= 0.3 is 0 Å². The summed E-state index contributed by atoms with van der Waals surface area (Å²) in [5, 5.41) is 1.00. The number of rotatable bonds is 2. The minimum absolute atomic E-state index is 1.00. The van der Waals surface area contributed by atoms with Crippen LogP contribution < -0.4 is 0 Å². The predicted molar refractivity (Wildman–Crippen MR) is 65.0 cm³/mol. The molecule has 0 radical (unpaired) electrons. The third-order valence-corrected chi connectivity index (χ3v) is 3.66. The predicted octanol–water partition coefficient (Wildman–Crippen LogP) is 3.70. The molecule has 2 rings (SSSR count). The highest BCUT2D eigenvalue weighted by Gasteiger charge is 2.00. The Morgan fingerprint density at radius 2 is 2.00 bits per heavy atom. The maximum Gasteiger partial charge on any atom is 0.101 e. The number of hydrogen-bond donors (Lipinski definition) is 0. The maximum absolute atomic E-state index is 4.33. The van der Waals surface area contributed by atoms with Crippen molar-refractivity contribution in [3.8, 4) is 0 Å². The number of aromatic nitrogens is 2. The van der Waals surface area contributed by atoms with Gasteiger partial charge in [-0.3, -0.25) is 4.98 Å². The van der Waals surface area contributed by atoms with Gasteiger partial charge in [-0.1, -0.05) is 11.8 Å². The molecular formula is C11H9BrN2S. The van der Waals surface area contributed by atoms with Crippen LogP contribution in [0.25, 0.3) is 0 Å². The summed E-state index contributed by atoms with van der Waals surface area (Å²) < 4.78 is 1.04. The van der Waals surface area contributed by atoms with Gasteiger partial charge in [0.2, 0.25) is 0 Å². The molecule has 0 aliphatic rings. The topological polar surface area (TPSA) is 25.8 Å². The number of halogens is 1. The lowest BCUT2D eigenvalue weighted by Crippen LogP contribution is -1.83. The van der Waals surface area contributed by atoms with Crippen molar-refractivity contribution in [1.82, 2.24) is 9.97 Å². The fourth-order valence-electron chi connectivity index (χ4n) is 1.10. The molecule has 2 aromatic rings. The van der Waals surface area contributed by atoms with E-state index in [4.69, 9.17) is 0 Å². The van der Waals surface area contributed by atoms with E-state index in [-0.39, 0.29) is 0 Å². The molecule has 0 N–H and O–H groups in total. The van der Waals surface area contributed by atoms with E-state index in [1.165, 1.54) is 5.56 Å². The highest BCUT2D eigenvalue weighted by atomic mass is 79.9. The van der Waals surface area contributed by atoms with Gasteiger partial charge in [-0.25, -0.2) is 4.98 Å². The minimum atomic E-state index is 1.00. The first-order valence-electron chi connectivity index (χ1n) is 4.46. The second-order valence-corrected chi connectivity index (χ2v) is 5.00. The lowest BCUT2D eigenvalue weighted by Gasteiger charge is -2.02. The molecule has 0 amide bonds. The largest absolute Gasteiger partial charge is 0.265 e. The highest BCUT2D eigenvalue weighted by molar-refractivity contribution is 9.10. The molecule has 0 aliphatic carbocycles. The molecular weight excluding hydrogens is 272 g/mol. The minimum Gasteiger partial charge on any atom is -0.265 e. The molecule has 0 atom stereocenters. The summed E-state index contributed by atoms with van der Waals surface area (Å²) in [6.45, 7) is 2.06. The van der Waals surface area contributed by atoms with Crippen molar-refractivity contribution in [1.29, 1.82) is 0 Å². The Kier molecular flexibility index (Phi) is 3.38. The first kappa shape index (κ1) is 10.6. The summed E-state index contributed by atoms with van der Waals surface area (Å²) in [4.78, 5) is 9.46. The molecule has 0 bridgehead atoms. The van der Waals surface area contributed by atoms with Crippen LogP contribution in [-0.4, -0.2) is 9.97 Å². The van der Waals surface area contributed by atoms with Crippen LogP contribution in [0.15, 0.2) is 51.2 Å². The Balaban J connectivity index is 2.22. The average Bonchev–Trinajstić information content (AvgIpc) is 2.25. The Hall–Kier alpha value is -0.870. The number of nitrogens with zero attached hydrogens (tertiary/aromatic N) is 2.